The van der Waals surface area contributed by atoms with E-state index in [1.54, 1.807) is 29.5 Å². The fraction of sp³-hybridized carbons (Fsp3) is 0.200. The van der Waals surface area contributed by atoms with Crippen molar-refractivity contribution in [1.82, 2.24) is 9.97 Å². The molecule has 0 fully saturated rings. The van der Waals surface area contributed by atoms with E-state index >= 15 is 0 Å². The summed E-state index contributed by atoms with van der Waals surface area (Å²) in [5.74, 6) is 1.54. The number of ether oxygens (including phenoxy) is 2. The van der Waals surface area contributed by atoms with Gasteiger partial charge >= 0.3 is 0 Å². The number of hydrogen-bond acceptors (Lipinski definition) is 9. The first-order valence-corrected chi connectivity index (χ1v) is 9.67. The molecule has 0 saturated carbocycles. The van der Waals surface area contributed by atoms with Crippen LogP contribution in [-0.4, -0.2) is 23.2 Å². The van der Waals surface area contributed by atoms with E-state index in [0.717, 1.165) is 10.7 Å². The number of benzene rings is 1. The molecule has 0 atom stereocenters. The number of hydrogen-bond donors (Lipinski definition) is 2. The fourth-order valence-electron chi connectivity index (χ4n) is 3.10. The Bertz CT molecular complexity index is 1170. The molecule has 3 heterocycles. The maximum Gasteiger partial charge on any atom is 0.161 e. The molecule has 8 nitrogen and oxygen atoms in total. The van der Waals surface area contributed by atoms with Gasteiger partial charge in [0.05, 0.1) is 17.2 Å². The number of thiazole rings is 1. The zero-order valence-corrected chi connectivity index (χ0v) is 16.3. The van der Waals surface area contributed by atoms with Crippen molar-refractivity contribution in [3.63, 3.8) is 0 Å². The molecule has 3 N–H and O–H groups in total. The van der Waals surface area contributed by atoms with Crippen LogP contribution in [0, 0.1) is 29.6 Å². The highest BCUT2D eigenvalue weighted by atomic mass is 32.1. The first kappa shape index (κ1) is 18.5. The van der Waals surface area contributed by atoms with Crippen molar-refractivity contribution in [3.8, 4) is 34.8 Å². The standard InChI is InChI=1S/C20H16N6O2S/c1-11-25-13(10-29-11)9-24-20-15(8-22)18(14(7-21)19(23)26-20)12-2-3-16-17(6-12)28-5-4-27-16/h2-3,6,10H,4-5,9H2,1H3,(H3,23,24,26). The molecule has 29 heavy (non-hydrogen) atoms. The Labute approximate surface area is 171 Å². The predicted octanol–water partition coefficient (Wildman–Crippen LogP) is 3.22. The highest BCUT2D eigenvalue weighted by molar-refractivity contribution is 7.09. The van der Waals surface area contributed by atoms with Gasteiger partial charge in [0.15, 0.2) is 11.5 Å². The molecule has 9 heteroatoms. The second-order valence-electron chi connectivity index (χ2n) is 6.26. The molecule has 0 amide bonds. The summed E-state index contributed by atoms with van der Waals surface area (Å²) < 4.78 is 11.2. The number of nitrogens with zero attached hydrogens (tertiary/aromatic N) is 4. The summed E-state index contributed by atoms with van der Waals surface area (Å²) in [6.07, 6.45) is 0. The maximum absolute atomic E-state index is 9.86. The van der Waals surface area contributed by atoms with Crippen molar-refractivity contribution in [2.75, 3.05) is 24.3 Å². The molecule has 0 radical (unpaired) electrons. The van der Waals surface area contributed by atoms with Crippen LogP contribution in [-0.2, 0) is 6.54 Å². The summed E-state index contributed by atoms with van der Waals surface area (Å²) >= 11 is 1.54. The van der Waals surface area contributed by atoms with Crippen LogP contribution in [0.5, 0.6) is 11.5 Å². The molecule has 0 bridgehead atoms. The maximum atomic E-state index is 9.86. The minimum Gasteiger partial charge on any atom is -0.486 e. The summed E-state index contributed by atoms with van der Waals surface area (Å²) in [6.45, 7) is 3.22. The van der Waals surface area contributed by atoms with Crippen LogP contribution in [0.4, 0.5) is 11.6 Å². The van der Waals surface area contributed by atoms with E-state index in [-0.39, 0.29) is 16.9 Å². The Kier molecular flexibility index (Phi) is 4.90. The van der Waals surface area contributed by atoms with Crippen molar-refractivity contribution in [1.29, 1.82) is 10.5 Å². The molecule has 0 aliphatic carbocycles. The molecular weight excluding hydrogens is 388 g/mol. The first-order chi connectivity index (χ1) is 14.1. The number of pyridine rings is 1. The molecule has 4 rings (SSSR count). The molecule has 1 aliphatic rings. The molecule has 0 spiro atoms. The highest BCUT2D eigenvalue weighted by Gasteiger charge is 2.22. The Morgan fingerprint density at radius 1 is 1.14 bits per heavy atom. The molecule has 1 aliphatic heterocycles. The van der Waals surface area contributed by atoms with Gasteiger partial charge in [-0.3, -0.25) is 0 Å². The number of fused-ring (bicyclic) bond motifs is 1. The Morgan fingerprint density at radius 3 is 2.59 bits per heavy atom. The lowest BCUT2D eigenvalue weighted by Gasteiger charge is -2.20. The van der Waals surface area contributed by atoms with Gasteiger partial charge in [-0.2, -0.15) is 10.5 Å². The number of aromatic nitrogens is 2. The smallest absolute Gasteiger partial charge is 0.161 e. The number of nitrogen functional groups attached to an aromatic ring is 1. The third-order valence-electron chi connectivity index (χ3n) is 4.38. The van der Waals surface area contributed by atoms with Crippen molar-refractivity contribution in [3.05, 3.63) is 45.4 Å². The number of nitrogens with two attached hydrogens (primary N) is 1. The van der Waals surface area contributed by atoms with E-state index < -0.39 is 0 Å². The zero-order chi connectivity index (χ0) is 20.4. The van der Waals surface area contributed by atoms with E-state index in [1.807, 2.05) is 12.3 Å². The van der Waals surface area contributed by atoms with Gasteiger partial charge in [-0.25, -0.2) is 9.97 Å². The van der Waals surface area contributed by atoms with Crippen LogP contribution in [0.3, 0.4) is 0 Å². The number of rotatable bonds is 4. The Morgan fingerprint density at radius 2 is 1.90 bits per heavy atom. The lowest BCUT2D eigenvalue weighted by molar-refractivity contribution is 0.171. The molecule has 3 aromatic rings. The average Bonchev–Trinajstić information content (AvgIpc) is 3.16. The van der Waals surface area contributed by atoms with Crippen molar-refractivity contribution < 1.29 is 9.47 Å². The second kappa shape index (κ2) is 7.66. The van der Waals surface area contributed by atoms with E-state index in [1.165, 1.54) is 0 Å². The average molecular weight is 404 g/mol. The largest absolute Gasteiger partial charge is 0.486 e. The minimum atomic E-state index is 0.0494. The third-order valence-corrected chi connectivity index (χ3v) is 5.21. The van der Waals surface area contributed by atoms with Gasteiger partial charge in [-0.05, 0) is 24.6 Å². The van der Waals surface area contributed by atoms with E-state index in [9.17, 15) is 10.5 Å². The second-order valence-corrected chi connectivity index (χ2v) is 7.33. The van der Waals surface area contributed by atoms with Crippen molar-refractivity contribution in [2.24, 2.45) is 0 Å². The molecular formula is C20H16N6O2S. The predicted molar refractivity (Wildman–Crippen MR) is 109 cm³/mol. The van der Waals surface area contributed by atoms with Gasteiger partial charge < -0.3 is 20.5 Å². The SMILES string of the molecule is Cc1nc(CNc2nc(N)c(C#N)c(-c3ccc4c(c3)OCCO4)c2C#N)cs1. The van der Waals surface area contributed by atoms with Gasteiger partial charge in [0.25, 0.3) is 0 Å². The zero-order valence-electron chi connectivity index (χ0n) is 15.5. The summed E-state index contributed by atoms with van der Waals surface area (Å²) in [5, 5.41) is 25.5. The van der Waals surface area contributed by atoms with Gasteiger partial charge in [0.2, 0.25) is 0 Å². The lowest BCUT2D eigenvalue weighted by Crippen LogP contribution is -2.15. The quantitative estimate of drug-likeness (QED) is 0.678. The first-order valence-electron chi connectivity index (χ1n) is 8.79. The van der Waals surface area contributed by atoms with Crippen LogP contribution in [0.25, 0.3) is 11.1 Å². The molecule has 2 aromatic heterocycles. The fourth-order valence-corrected chi connectivity index (χ4v) is 3.72. The van der Waals surface area contributed by atoms with Crippen molar-refractivity contribution in [2.45, 2.75) is 13.5 Å². The van der Waals surface area contributed by atoms with Gasteiger partial charge in [-0.15, -0.1) is 11.3 Å². The molecule has 0 unspecified atom stereocenters. The molecule has 1 aromatic carbocycles. The molecule has 144 valence electrons. The van der Waals surface area contributed by atoms with Crippen molar-refractivity contribution >= 4 is 23.0 Å². The minimum absolute atomic E-state index is 0.0494. The lowest BCUT2D eigenvalue weighted by atomic mass is 9.95. The van der Waals surface area contributed by atoms with Gasteiger partial charge in [0.1, 0.15) is 48.1 Å². The van der Waals surface area contributed by atoms with Crippen LogP contribution >= 0.6 is 11.3 Å². The normalized spacial score (nSPS) is 12.1. The summed E-state index contributed by atoms with van der Waals surface area (Å²) in [6, 6.07) is 9.52. The summed E-state index contributed by atoms with van der Waals surface area (Å²) in [4.78, 5) is 8.65. The van der Waals surface area contributed by atoms with Gasteiger partial charge in [-0.1, -0.05) is 6.07 Å². The monoisotopic (exact) mass is 404 g/mol. The van der Waals surface area contributed by atoms with Crippen LogP contribution < -0.4 is 20.5 Å². The topological polar surface area (TPSA) is 130 Å². The number of anilines is 2. The van der Waals surface area contributed by atoms with Crippen LogP contribution in [0.15, 0.2) is 23.6 Å². The van der Waals surface area contributed by atoms with E-state index in [2.05, 4.69) is 27.4 Å². The van der Waals surface area contributed by atoms with E-state index in [0.29, 0.717) is 48.2 Å². The Balaban J connectivity index is 1.80. The number of nitriles is 2. The highest BCUT2D eigenvalue weighted by Crippen LogP contribution is 2.39. The van der Waals surface area contributed by atoms with Gasteiger partial charge in [0, 0.05) is 10.9 Å². The third kappa shape index (κ3) is 3.51. The summed E-state index contributed by atoms with van der Waals surface area (Å²) in [7, 11) is 0. The number of aryl methyl sites for hydroxylation is 1. The molecule has 0 saturated heterocycles. The van der Waals surface area contributed by atoms with Crippen LogP contribution in [0.1, 0.15) is 21.8 Å². The van der Waals surface area contributed by atoms with E-state index in [4.69, 9.17) is 15.2 Å². The number of nitrogens with one attached hydrogen (secondary N) is 1. The Hall–Kier alpha value is -3.82. The summed E-state index contributed by atoms with van der Waals surface area (Å²) in [5.41, 5.74) is 8.31. The van der Waals surface area contributed by atoms with Crippen LogP contribution in [0.2, 0.25) is 0 Å².